The molecule has 1 N–H and O–H groups in total. The van der Waals surface area contributed by atoms with Gasteiger partial charge in [-0.2, -0.15) is 0 Å². The first-order chi connectivity index (χ1) is 8.79. The van der Waals surface area contributed by atoms with Crippen molar-refractivity contribution in [2.24, 2.45) is 17.8 Å². The Morgan fingerprint density at radius 1 is 1.22 bits per heavy atom. The van der Waals surface area contributed by atoms with E-state index in [-0.39, 0.29) is 0 Å². The van der Waals surface area contributed by atoms with E-state index >= 15 is 0 Å². The quantitative estimate of drug-likeness (QED) is 0.849. The van der Waals surface area contributed by atoms with Crippen LogP contribution in [0.1, 0.15) is 31.7 Å². The molecule has 2 saturated carbocycles. The van der Waals surface area contributed by atoms with E-state index in [0.717, 1.165) is 35.7 Å². The van der Waals surface area contributed by atoms with Crippen LogP contribution in [0.3, 0.4) is 0 Å². The van der Waals surface area contributed by atoms with E-state index in [9.17, 15) is 0 Å². The maximum Gasteiger partial charge on any atom is 0.0406 e. The van der Waals surface area contributed by atoms with Crippen molar-refractivity contribution in [1.82, 2.24) is 5.32 Å². The van der Waals surface area contributed by atoms with Crippen LogP contribution in [-0.4, -0.2) is 12.6 Å². The maximum absolute atomic E-state index is 5.95. The number of hydrogen-bond donors (Lipinski definition) is 1. The molecule has 98 valence electrons. The third-order valence-corrected chi connectivity index (χ3v) is 5.02. The van der Waals surface area contributed by atoms with Gasteiger partial charge >= 0.3 is 0 Å². The molecule has 2 aliphatic carbocycles. The highest BCUT2D eigenvalue weighted by Crippen LogP contribution is 2.59. The van der Waals surface area contributed by atoms with Crippen LogP contribution in [0.4, 0.5) is 0 Å². The Labute approximate surface area is 115 Å². The molecule has 3 atom stereocenters. The molecule has 0 aliphatic heterocycles. The number of nitrogens with one attached hydrogen (secondary N) is 1. The number of fused-ring (bicyclic) bond motifs is 1. The van der Waals surface area contributed by atoms with E-state index < -0.39 is 0 Å². The minimum absolute atomic E-state index is 0.673. The standard InChI is InChI=1S/C16H22ClN/c1-2-18-15(16-13-4-3-5-14(13)16)10-11-6-8-12(17)9-7-11/h6-9,13-16,18H,2-5,10H2,1H3. The minimum Gasteiger partial charge on any atom is -0.314 e. The van der Waals surface area contributed by atoms with Crippen LogP contribution in [0.5, 0.6) is 0 Å². The van der Waals surface area contributed by atoms with Crippen LogP contribution in [0.25, 0.3) is 0 Å². The van der Waals surface area contributed by atoms with E-state index in [2.05, 4.69) is 24.4 Å². The lowest BCUT2D eigenvalue weighted by Gasteiger charge is -2.20. The van der Waals surface area contributed by atoms with Crippen molar-refractivity contribution < 1.29 is 0 Å². The molecule has 2 heteroatoms. The molecule has 0 amide bonds. The fraction of sp³-hybridized carbons (Fsp3) is 0.625. The van der Waals surface area contributed by atoms with Crippen molar-refractivity contribution in [3.63, 3.8) is 0 Å². The Balaban J connectivity index is 1.65. The Hall–Kier alpha value is -0.530. The topological polar surface area (TPSA) is 12.0 Å². The molecular weight excluding hydrogens is 242 g/mol. The lowest BCUT2D eigenvalue weighted by atomic mass is 9.97. The van der Waals surface area contributed by atoms with Crippen LogP contribution in [0, 0.1) is 17.8 Å². The van der Waals surface area contributed by atoms with E-state index in [1.165, 1.54) is 24.8 Å². The van der Waals surface area contributed by atoms with E-state index in [1.807, 2.05) is 12.1 Å². The van der Waals surface area contributed by atoms with Crippen molar-refractivity contribution in [3.05, 3.63) is 34.9 Å². The normalized spacial score (nSPS) is 31.1. The van der Waals surface area contributed by atoms with Gasteiger partial charge in [-0.15, -0.1) is 0 Å². The van der Waals surface area contributed by atoms with Crippen LogP contribution in [-0.2, 0) is 6.42 Å². The van der Waals surface area contributed by atoms with Gasteiger partial charge < -0.3 is 5.32 Å². The fourth-order valence-electron chi connectivity index (χ4n) is 3.95. The van der Waals surface area contributed by atoms with Crippen LogP contribution >= 0.6 is 11.6 Å². The summed E-state index contributed by atoms with van der Waals surface area (Å²) in [5.41, 5.74) is 1.41. The van der Waals surface area contributed by atoms with E-state index in [4.69, 9.17) is 11.6 Å². The minimum atomic E-state index is 0.673. The second-order valence-electron chi connectivity index (χ2n) is 5.83. The zero-order valence-electron chi connectivity index (χ0n) is 11.0. The zero-order chi connectivity index (χ0) is 12.5. The highest BCUT2D eigenvalue weighted by atomic mass is 35.5. The molecule has 1 aromatic carbocycles. The SMILES string of the molecule is CCNC(Cc1ccc(Cl)cc1)C1C2CCCC21. The summed E-state index contributed by atoms with van der Waals surface area (Å²) in [6.45, 7) is 3.29. The highest BCUT2D eigenvalue weighted by Gasteiger charge is 2.55. The van der Waals surface area contributed by atoms with Crippen molar-refractivity contribution in [2.75, 3.05) is 6.54 Å². The average Bonchev–Trinajstić information content (AvgIpc) is 2.84. The van der Waals surface area contributed by atoms with Gasteiger partial charge in [0.25, 0.3) is 0 Å². The van der Waals surface area contributed by atoms with Crippen molar-refractivity contribution in [1.29, 1.82) is 0 Å². The van der Waals surface area contributed by atoms with Gasteiger partial charge in [0.1, 0.15) is 0 Å². The predicted octanol–water partition coefficient (Wildman–Crippen LogP) is 3.91. The molecule has 0 saturated heterocycles. The molecular formula is C16H22ClN. The lowest BCUT2D eigenvalue weighted by molar-refractivity contribution is 0.411. The summed E-state index contributed by atoms with van der Waals surface area (Å²) >= 11 is 5.95. The van der Waals surface area contributed by atoms with Gasteiger partial charge in [-0.05, 0) is 61.3 Å². The Morgan fingerprint density at radius 2 is 1.89 bits per heavy atom. The van der Waals surface area contributed by atoms with Crippen LogP contribution in [0.2, 0.25) is 5.02 Å². The second kappa shape index (κ2) is 5.22. The first-order valence-electron chi connectivity index (χ1n) is 7.27. The molecule has 1 aromatic rings. The van der Waals surface area contributed by atoms with Crippen LogP contribution in [0.15, 0.2) is 24.3 Å². The third-order valence-electron chi connectivity index (χ3n) is 4.77. The highest BCUT2D eigenvalue weighted by molar-refractivity contribution is 6.30. The average molecular weight is 264 g/mol. The Kier molecular flexibility index (Phi) is 3.63. The lowest BCUT2D eigenvalue weighted by Crippen LogP contribution is -2.34. The molecule has 0 spiro atoms. The Morgan fingerprint density at radius 3 is 2.50 bits per heavy atom. The number of likely N-dealkylation sites (N-methyl/N-ethyl adjacent to an activating group) is 1. The summed E-state index contributed by atoms with van der Waals surface area (Å²) in [5, 5.41) is 4.54. The van der Waals surface area contributed by atoms with Crippen LogP contribution < -0.4 is 5.32 Å². The summed E-state index contributed by atoms with van der Waals surface area (Å²) in [4.78, 5) is 0. The monoisotopic (exact) mass is 263 g/mol. The summed E-state index contributed by atoms with van der Waals surface area (Å²) in [6, 6.07) is 9.03. The molecule has 1 nitrogen and oxygen atoms in total. The van der Waals surface area contributed by atoms with Gasteiger partial charge in [-0.3, -0.25) is 0 Å². The fourth-order valence-corrected chi connectivity index (χ4v) is 4.08. The Bertz CT molecular complexity index is 390. The van der Waals surface area contributed by atoms with Crippen molar-refractivity contribution in [2.45, 2.75) is 38.6 Å². The first kappa shape index (κ1) is 12.5. The van der Waals surface area contributed by atoms with Gasteiger partial charge in [0.2, 0.25) is 0 Å². The smallest absolute Gasteiger partial charge is 0.0406 e. The molecule has 3 rings (SSSR count). The van der Waals surface area contributed by atoms with Gasteiger partial charge in [-0.25, -0.2) is 0 Å². The third kappa shape index (κ3) is 2.44. The summed E-state index contributed by atoms with van der Waals surface area (Å²) in [6.07, 6.45) is 5.56. The summed E-state index contributed by atoms with van der Waals surface area (Å²) in [7, 11) is 0. The molecule has 2 fully saturated rings. The van der Waals surface area contributed by atoms with Crippen molar-refractivity contribution >= 4 is 11.6 Å². The largest absolute Gasteiger partial charge is 0.314 e. The maximum atomic E-state index is 5.95. The second-order valence-corrected chi connectivity index (χ2v) is 6.27. The predicted molar refractivity (Wildman–Crippen MR) is 76.9 cm³/mol. The first-order valence-corrected chi connectivity index (χ1v) is 7.65. The number of hydrogen-bond acceptors (Lipinski definition) is 1. The molecule has 18 heavy (non-hydrogen) atoms. The molecule has 0 heterocycles. The van der Waals surface area contributed by atoms with Gasteiger partial charge in [0.05, 0.1) is 0 Å². The van der Waals surface area contributed by atoms with Crippen molar-refractivity contribution in [3.8, 4) is 0 Å². The van der Waals surface area contributed by atoms with Gasteiger partial charge in [0.15, 0.2) is 0 Å². The van der Waals surface area contributed by atoms with Gasteiger partial charge in [0, 0.05) is 11.1 Å². The molecule has 3 unspecified atom stereocenters. The van der Waals surface area contributed by atoms with E-state index in [1.54, 1.807) is 0 Å². The molecule has 2 aliphatic rings. The number of halogens is 1. The molecule has 0 radical (unpaired) electrons. The molecule has 0 aromatic heterocycles. The van der Waals surface area contributed by atoms with Gasteiger partial charge in [-0.1, -0.05) is 37.1 Å². The summed E-state index contributed by atoms with van der Waals surface area (Å²) < 4.78 is 0. The number of benzene rings is 1. The summed E-state index contributed by atoms with van der Waals surface area (Å²) in [5.74, 6) is 3.00. The number of rotatable bonds is 5. The zero-order valence-corrected chi connectivity index (χ0v) is 11.8. The van der Waals surface area contributed by atoms with E-state index in [0.29, 0.717) is 6.04 Å². The molecule has 0 bridgehead atoms.